The quantitative estimate of drug-likeness (QED) is 0.788. The van der Waals surface area contributed by atoms with Crippen LogP contribution >= 0.6 is 15.9 Å². The van der Waals surface area contributed by atoms with E-state index in [-0.39, 0.29) is 17.6 Å². The number of piperidine rings is 1. The average Bonchev–Trinajstić information content (AvgIpc) is 2.67. The van der Waals surface area contributed by atoms with E-state index in [1.165, 1.54) is 12.1 Å². The fraction of sp³-hybridized carbons (Fsp3) is 0.333. The number of carbonyl (C=O) groups is 2. The molecular formula is C21H22BrFN2O2. The summed E-state index contributed by atoms with van der Waals surface area (Å²) in [5, 5.41) is 2.93. The highest BCUT2D eigenvalue weighted by molar-refractivity contribution is 9.10. The van der Waals surface area contributed by atoms with Crippen LogP contribution in [-0.2, 0) is 11.3 Å². The van der Waals surface area contributed by atoms with Crippen molar-refractivity contribution in [3.63, 3.8) is 0 Å². The van der Waals surface area contributed by atoms with Crippen molar-refractivity contribution >= 4 is 27.7 Å². The van der Waals surface area contributed by atoms with E-state index in [2.05, 4.69) is 21.2 Å². The Morgan fingerprint density at radius 2 is 1.81 bits per heavy atom. The molecule has 2 amide bonds. The van der Waals surface area contributed by atoms with Crippen LogP contribution in [-0.4, -0.2) is 29.8 Å². The SMILES string of the molecule is C[C@@]1(C(=O)NCc2ccc(F)cc2)CCCN(C(=O)c2ccc(Br)cc2)C1. The molecular weight excluding hydrogens is 411 g/mol. The second-order valence-electron chi connectivity index (χ2n) is 7.21. The molecule has 3 rings (SSSR count). The number of nitrogens with zero attached hydrogens (tertiary/aromatic N) is 1. The summed E-state index contributed by atoms with van der Waals surface area (Å²) < 4.78 is 13.9. The zero-order chi connectivity index (χ0) is 19.4. The Morgan fingerprint density at radius 1 is 1.15 bits per heavy atom. The standard InChI is InChI=1S/C21H22BrFN2O2/c1-21(20(27)24-13-15-3-9-18(23)10-4-15)11-2-12-25(14-21)19(26)16-5-7-17(22)8-6-16/h3-10H,2,11-14H2,1H3,(H,24,27)/t21-/m1/s1. The molecule has 0 saturated carbocycles. The van der Waals surface area contributed by atoms with Crippen LogP contribution in [0.15, 0.2) is 53.0 Å². The van der Waals surface area contributed by atoms with Crippen molar-refractivity contribution in [2.75, 3.05) is 13.1 Å². The summed E-state index contributed by atoms with van der Waals surface area (Å²) in [5.41, 5.74) is 0.824. The molecule has 1 aliphatic heterocycles. The first-order valence-corrected chi connectivity index (χ1v) is 9.74. The van der Waals surface area contributed by atoms with Gasteiger partial charge in [-0.1, -0.05) is 28.1 Å². The summed E-state index contributed by atoms with van der Waals surface area (Å²) in [6.45, 7) is 3.27. The van der Waals surface area contributed by atoms with Crippen LogP contribution in [0.5, 0.6) is 0 Å². The van der Waals surface area contributed by atoms with Gasteiger partial charge in [-0.2, -0.15) is 0 Å². The molecule has 1 saturated heterocycles. The van der Waals surface area contributed by atoms with Crippen molar-refractivity contribution in [1.82, 2.24) is 10.2 Å². The lowest BCUT2D eigenvalue weighted by atomic mass is 9.80. The van der Waals surface area contributed by atoms with Gasteiger partial charge in [-0.3, -0.25) is 9.59 Å². The van der Waals surface area contributed by atoms with E-state index >= 15 is 0 Å². The molecule has 2 aromatic rings. The summed E-state index contributed by atoms with van der Waals surface area (Å²) in [6, 6.07) is 13.3. The van der Waals surface area contributed by atoms with Gasteiger partial charge in [0.15, 0.2) is 0 Å². The van der Waals surface area contributed by atoms with E-state index in [1.807, 2.05) is 19.1 Å². The van der Waals surface area contributed by atoms with Crippen molar-refractivity contribution in [1.29, 1.82) is 0 Å². The van der Waals surface area contributed by atoms with Gasteiger partial charge in [0.1, 0.15) is 5.82 Å². The third kappa shape index (κ3) is 4.75. The van der Waals surface area contributed by atoms with Crippen molar-refractivity contribution in [2.24, 2.45) is 5.41 Å². The molecule has 6 heteroatoms. The summed E-state index contributed by atoms with van der Waals surface area (Å²) >= 11 is 3.37. The fourth-order valence-corrected chi connectivity index (χ4v) is 3.64. The maximum atomic E-state index is 13.0. The lowest BCUT2D eigenvalue weighted by Gasteiger charge is -2.39. The highest BCUT2D eigenvalue weighted by Crippen LogP contribution is 2.31. The number of hydrogen-bond acceptors (Lipinski definition) is 2. The van der Waals surface area contributed by atoms with Crippen molar-refractivity contribution < 1.29 is 14.0 Å². The molecule has 1 aliphatic rings. The van der Waals surface area contributed by atoms with Gasteiger partial charge in [-0.25, -0.2) is 4.39 Å². The van der Waals surface area contributed by atoms with Crippen LogP contribution < -0.4 is 5.32 Å². The lowest BCUT2D eigenvalue weighted by molar-refractivity contribution is -0.132. The first kappa shape index (κ1) is 19.5. The van der Waals surface area contributed by atoms with Gasteiger partial charge in [-0.05, 0) is 61.7 Å². The number of rotatable bonds is 4. The fourth-order valence-electron chi connectivity index (χ4n) is 3.37. The summed E-state index contributed by atoms with van der Waals surface area (Å²) in [6.07, 6.45) is 1.51. The van der Waals surface area contributed by atoms with Crippen LogP contribution in [0, 0.1) is 11.2 Å². The Hall–Kier alpha value is -2.21. The zero-order valence-electron chi connectivity index (χ0n) is 15.2. The van der Waals surface area contributed by atoms with Gasteiger partial charge in [0, 0.05) is 29.7 Å². The van der Waals surface area contributed by atoms with Crippen LogP contribution in [0.2, 0.25) is 0 Å². The monoisotopic (exact) mass is 432 g/mol. The Morgan fingerprint density at radius 3 is 2.48 bits per heavy atom. The van der Waals surface area contributed by atoms with Gasteiger partial charge in [-0.15, -0.1) is 0 Å². The van der Waals surface area contributed by atoms with E-state index in [1.54, 1.807) is 29.2 Å². The molecule has 0 bridgehead atoms. The van der Waals surface area contributed by atoms with Crippen LogP contribution in [0.25, 0.3) is 0 Å². The zero-order valence-corrected chi connectivity index (χ0v) is 16.8. The summed E-state index contributed by atoms with van der Waals surface area (Å²) in [5.74, 6) is -0.439. The first-order valence-electron chi connectivity index (χ1n) is 8.95. The second kappa shape index (κ2) is 8.21. The Labute approximate surface area is 166 Å². The number of carbonyl (C=O) groups excluding carboxylic acids is 2. The highest BCUT2D eigenvalue weighted by atomic mass is 79.9. The van der Waals surface area contributed by atoms with E-state index in [9.17, 15) is 14.0 Å². The van der Waals surface area contributed by atoms with Gasteiger partial charge >= 0.3 is 0 Å². The van der Waals surface area contributed by atoms with E-state index < -0.39 is 5.41 Å². The van der Waals surface area contributed by atoms with Crippen molar-refractivity contribution in [2.45, 2.75) is 26.3 Å². The van der Waals surface area contributed by atoms with Gasteiger partial charge in [0.05, 0.1) is 5.41 Å². The van der Waals surface area contributed by atoms with Gasteiger partial charge in [0.2, 0.25) is 5.91 Å². The Balaban J connectivity index is 1.64. The Kier molecular flexibility index (Phi) is 5.95. The minimum absolute atomic E-state index is 0.0558. The number of benzene rings is 2. The molecule has 27 heavy (non-hydrogen) atoms. The normalized spacial score (nSPS) is 19.6. The first-order chi connectivity index (χ1) is 12.9. The third-order valence-electron chi connectivity index (χ3n) is 4.99. The third-order valence-corrected chi connectivity index (χ3v) is 5.52. The van der Waals surface area contributed by atoms with E-state index in [4.69, 9.17) is 0 Å². The lowest BCUT2D eigenvalue weighted by Crippen LogP contribution is -2.51. The summed E-state index contributed by atoms with van der Waals surface area (Å²) in [4.78, 5) is 27.3. The Bertz CT molecular complexity index is 823. The molecule has 1 heterocycles. The average molecular weight is 433 g/mol. The number of amides is 2. The highest BCUT2D eigenvalue weighted by Gasteiger charge is 2.39. The molecule has 1 N–H and O–H groups in total. The number of nitrogens with one attached hydrogen (secondary N) is 1. The smallest absolute Gasteiger partial charge is 0.253 e. The predicted molar refractivity (Wildman–Crippen MR) is 106 cm³/mol. The number of hydrogen-bond donors (Lipinski definition) is 1. The molecule has 4 nitrogen and oxygen atoms in total. The molecule has 142 valence electrons. The predicted octanol–water partition coefficient (Wildman–Crippen LogP) is 4.15. The topological polar surface area (TPSA) is 49.4 Å². The molecule has 0 radical (unpaired) electrons. The van der Waals surface area contributed by atoms with Crippen LogP contribution in [0.1, 0.15) is 35.7 Å². The molecule has 0 aliphatic carbocycles. The van der Waals surface area contributed by atoms with Crippen molar-refractivity contribution in [3.8, 4) is 0 Å². The molecule has 1 atom stereocenters. The number of likely N-dealkylation sites (tertiary alicyclic amines) is 1. The summed E-state index contributed by atoms with van der Waals surface area (Å²) in [7, 11) is 0. The molecule has 2 aromatic carbocycles. The molecule has 1 fully saturated rings. The maximum Gasteiger partial charge on any atom is 0.253 e. The maximum absolute atomic E-state index is 13.0. The minimum Gasteiger partial charge on any atom is -0.351 e. The van der Waals surface area contributed by atoms with Crippen LogP contribution in [0.4, 0.5) is 4.39 Å². The van der Waals surface area contributed by atoms with E-state index in [0.717, 1.165) is 22.9 Å². The van der Waals surface area contributed by atoms with Gasteiger partial charge in [0.25, 0.3) is 5.91 Å². The van der Waals surface area contributed by atoms with Crippen LogP contribution in [0.3, 0.4) is 0 Å². The minimum atomic E-state index is -0.636. The van der Waals surface area contributed by atoms with Crippen molar-refractivity contribution in [3.05, 3.63) is 69.9 Å². The second-order valence-corrected chi connectivity index (χ2v) is 8.12. The molecule has 0 unspecified atom stereocenters. The van der Waals surface area contributed by atoms with Gasteiger partial charge < -0.3 is 10.2 Å². The molecule has 0 spiro atoms. The molecule has 0 aromatic heterocycles. The number of halogens is 2. The largest absolute Gasteiger partial charge is 0.351 e. The van der Waals surface area contributed by atoms with E-state index in [0.29, 0.717) is 25.2 Å².